The molecule has 0 spiro atoms. The number of carbonyl (C=O) groups excluding carboxylic acids is 1. The van der Waals surface area contributed by atoms with Gasteiger partial charge in [0.2, 0.25) is 0 Å². The van der Waals surface area contributed by atoms with Crippen LogP contribution in [0.25, 0.3) is 0 Å². The molecule has 1 amide bonds. The van der Waals surface area contributed by atoms with Crippen molar-refractivity contribution in [3.63, 3.8) is 0 Å². The third-order valence-electron chi connectivity index (χ3n) is 5.15. The summed E-state index contributed by atoms with van der Waals surface area (Å²) in [5.41, 5.74) is 4.00. The van der Waals surface area contributed by atoms with Crippen LogP contribution in [0.1, 0.15) is 21.7 Å². The minimum atomic E-state index is -0.205. The van der Waals surface area contributed by atoms with E-state index in [1.165, 1.54) is 23.1 Å². The molecule has 3 rings (SSSR count). The van der Waals surface area contributed by atoms with Crippen molar-refractivity contribution in [1.29, 1.82) is 0 Å². The van der Waals surface area contributed by atoms with E-state index in [-0.39, 0.29) is 5.91 Å². The summed E-state index contributed by atoms with van der Waals surface area (Å²) in [5.74, 6) is 0.990. The van der Waals surface area contributed by atoms with Gasteiger partial charge in [0.1, 0.15) is 0 Å². The first kappa shape index (κ1) is 19.8. The maximum atomic E-state index is 11.9. The van der Waals surface area contributed by atoms with Gasteiger partial charge in [0, 0.05) is 52.0 Å². The number of rotatable bonds is 5. The monoisotopic (exact) mass is 383 g/mol. The van der Waals surface area contributed by atoms with Crippen molar-refractivity contribution in [1.82, 2.24) is 15.5 Å². The van der Waals surface area contributed by atoms with Gasteiger partial charge in [-0.05, 0) is 43.2 Å². The number of benzene rings is 1. The average molecular weight is 383 g/mol. The normalized spacial score (nSPS) is 14.9. The van der Waals surface area contributed by atoms with Crippen molar-refractivity contribution in [2.45, 2.75) is 13.8 Å². The van der Waals surface area contributed by atoms with E-state index >= 15 is 0 Å². The summed E-state index contributed by atoms with van der Waals surface area (Å²) in [5, 5.41) is 6.16. The Bertz CT molecular complexity index is 808. The summed E-state index contributed by atoms with van der Waals surface area (Å²) >= 11 is 0. The molecule has 0 aliphatic carbocycles. The molecule has 2 heterocycles. The lowest BCUT2D eigenvalue weighted by Crippen LogP contribution is -2.53. The van der Waals surface area contributed by atoms with E-state index in [9.17, 15) is 4.79 Å². The number of carbonyl (C=O) groups is 1. The molecule has 2 N–H and O–H groups in total. The van der Waals surface area contributed by atoms with Crippen LogP contribution >= 0.6 is 0 Å². The maximum absolute atomic E-state index is 11.9. The van der Waals surface area contributed by atoms with Gasteiger partial charge in [-0.3, -0.25) is 9.79 Å². The number of hydrogen-bond donors (Lipinski definition) is 2. The molecule has 1 saturated heterocycles. The molecule has 0 unspecified atom stereocenters. The summed E-state index contributed by atoms with van der Waals surface area (Å²) in [6.45, 7) is 9.19. The lowest BCUT2D eigenvalue weighted by atomic mass is 10.1. The molecule has 1 aliphatic heterocycles. The van der Waals surface area contributed by atoms with Crippen LogP contribution < -0.4 is 15.5 Å². The number of piperazine rings is 1. The quantitative estimate of drug-likeness (QED) is 0.470. The Labute approximate surface area is 166 Å². The van der Waals surface area contributed by atoms with E-state index in [0.29, 0.717) is 18.8 Å². The first-order valence-electron chi connectivity index (χ1n) is 9.68. The van der Waals surface area contributed by atoms with Gasteiger partial charge in [0.25, 0.3) is 5.91 Å². The van der Waals surface area contributed by atoms with Crippen LogP contribution in [0.4, 0.5) is 5.69 Å². The van der Waals surface area contributed by atoms with E-state index in [4.69, 9.17) is 4.42 Å². The van der Waals surface area contributed by atoms with Crippen molar-refractivity contribution < 1.29 is 9.21 Å². The lowest BCUT2D eigenvalue weighted by molar-refractivity contribution is 0.0926. The molecular formula is C21H29N5O2. The van der Waals surface area contributed by atoms with E-state index in [1.807, 2.05) is 0 Å². The van der Waals surface area contributed by atoms with Crippen molar-refractivity contribution in [2.24, 2.45) is 4.99 Å². The van der Waals surface area contributed by atoms with Crippen LogP contribution in [0.2, 0.25) is 0 Å². The number of nitrogens with one attached hydrogen (secondary N) is 2. The standard InChI is InChI=1S/C21H29N5O2/c1-16-6-4-7-18(17(16)2)25-11-13-26(14-12-25)21(22-3)24-10-9-23-20(27)19-8-5-15-28-19/h4-8,15H,9-14H2,1-3H3,(H,22,24)(H,23,27). The molecule has 0 radical (unpaired) electrons. The Hall–Kier alpha value is -2.96. The number of guanidine groups is 1. The summed E-state index contributed by atoms with van der Waals surface area (Å²) < 4.78 is 5.08. The van der Waals surface area contributed by atoms with Crippen LogP contribution in [0.15, 0.2) is 46.0 Å². The highest BCUT2D eigenvalue weighted by molar-refractivity contribution is 5.91. The van der Waals surface area contributed by atoms with Gasteiger partial charge in [-0.2, -0.15) is 0 Å². The Morgan fingerprint density at radius 2 is 1.82 bits per heavy atom. The number of aryl methyl sites for hydroxylation is 1. The molecule has 0 saturated carbocycles. The fourth-order valence-electron chi connectivity index (χ4n) is 3.41. The second kappa shape index (κ2) is 9.30. The molecule has 0 atom stereocenters. The predicted octanol–water partition coefficient (Wildman–Crippen LogP) is 2.02. The van der Waals surface area contributed by atoms with Crippen molar-refractivity contribution in [2.75, 3.05) is 51.2 Å². The van der Waals surface area contributed by atoms with E-state index < -0.39 is 0 Å². The van der Waals surface area contributed by atoms with Crippen molar-refractivity contribution >= 4 is 17.6 Å². The van der Waals surface area contributed by atoms with Gasteiger partial charge < -0.3 is 24.9 Å². The second-order valence-electron chi connectivity index (χ2n) is 6.90. The molecule has 1 aliphatic rings. The molecule has 1 fully saturated rings. The van der Waals surface area contributed by atoms with Crippen LogP contribution in [0.3, 0.4) is 0 Å². The highest BCUT2D eigenvalue weighted by Crippen LogP contribution is 2.23. The third kappa shape index (κ3) is 4.65. The zero-order chi connectivity index (χ0) is 19.9. The average Bonchev–Trinajstić information content (AvgIpc) is 3.25. The number of anilines is 1. The lowest BCUT2D eigenvalue weighted by Gasteiger charge is -2.38. The molecule has 150 valence electrons. The zero-order valence-electron chi connectivity index (χ0n) is 16.9. The van der Waals surface area contributed by atoms with Crippen molar-refractivity contribution in [3.05, 3.63) is 53.5 Å². The Morgan fingerprint density at radius 3 is 2.50 bits per heavy atom. The fourth-order valence-corrected chi connectivity index (χ4v) is 3.41. The predicted molar refractivity (Wildman–Crippen MR) is 112 cm³/mol. The smallest absolute Gasteiger partial charge is 0.287 e. The largest absolute Gasteiger partial charge is 0.459 e. The van der Waals surface area contributed by atoms with Crippen molar-refractivity contribution in [3.8, 4) is 0 Å². The zero-order valence-corrected chi connectivity index (χ0v) is 16.9. The molecule has 7 heteroatoms. The number of hydrogen-bond acceptors (Lipinski definition) is 4. The molecule has 28 heavy (non-hydrogen) atoms. The van der Waals surface area contributed by atoms with Gasteiger partial charge in [-0.1, -0.05) is 12.1 Å². The van der Waals surface area contributed by atoms with Crippen LogP contribution in [0.5, 0.6) is 0 Å². The van der Waals surface area contributed by atoms with Crippen LogP contribution in [0, 0.1) is 13.8 Å². The van der Waals surface area contributed by atoms with Gasteiger partial charge in [-0.25, -0.2) is 0 Å². The third-order valence-corrected chi connectivity index (χ3v) is 5.15. The molecule has 1 aromatic carbocycles. The molecule has 2 aromatic rings. The molecule has 1 aromatic heterocycles. The summed E-state index contributed by atoms with van der Waals surface area (Å²) in [6, 6.07) is 9.84. The molecular weight excluding hydrogens is 354 g/mol. The summed E-state index contributed by atoms with van der Waals surface area (Å²) in [7, 11) is 1.79. The van der Waals surface area contributed by atoms with E-state index in [1.54, 1.807) is 19.2 Å². The first-order chi connectivity index (χ1) is 13.6. The molecule has 7 nitrogen and oxygen atoms in total. The topological polar surface area (TPSA) is 73.1 Å². The van der Waals surface area contributed by atoms with Crippen LogP contribution in [-0.2, 0) is 0 Å². The Morgan fingerprint density at radius 1 is 1.07 bits per heavy atom. The SMILES string of the molecule is CN=C(NCCNC(=O)c1ccco1)N1CCN(c2cccc(C)c2C)CC1. The number of aliphatic imine (C=N–C) groups is 1. The Kier molecular flexibility index (Phi) is 6.57. The minimum absolute atomic E-state index is 0.205. The number of nitrogens with zero attached hydrogens (tertiary/aromatic N) is 3. The minimum Gasteiger partial charge on any atom is -0.459 e. The highest BCUT2D eigenvalue weighted by atomic mass is 16.3. The van der Waals surface area contributed by atoms with Crippen LogP contribution in [-0.4, -0.2) is 63.1 Å². The highest BCUT2D eigenvalue weighted by Gasteiger charge is 2.21. The Balaban J connectivity index is 1.45. The van der Waals surface area contributed by atoms with E-state index in [2.05, 4.69) is 57.5 Å². The summed E-state index contributed by atoms with van der Waals surface area (Å²) in [6.07, 6.45) is 1.49. The second-order valence-corrected chi connectivity index (χ2v) is 6.90. The summed E-state index contributed by atoms with van der Waals surface area (Å²) in [4.78, 5) is 21.0. The maximum Gasteiger partial charge on any atom is 0.287 e. The molecule has 0 bridgehead atoms. The van der Waals surface area contributed by atoms with Gasteiger partial charge >= 0.3 is 0 Å². The van der Waals surface area contributed by atoms with Gasteiger partial charge in [0.05, 0.1) is 6.26 Å². The van der Waals surface area contributed by atoms with Gasteiger partial charge in [-0.15, -0.1) is 0 Å². The fraction of sp³-hybridized carbons (Fsp3) is 0.429. The first-order valence-corrected chi connectivity index (χ1v) is 9.68. The number of amides is 1. The van der Waals surface area contributed by atoms with E-state index in [0.717, 1.165) is 32.1 Å². The van der Waals surface area contributed by atoms with Gasteiger partial charge in [0.15, 0.2) is 11.7 Å². The number of furan rings is 1.